The van der Waals surface area contributed by atoms with Crippen molar-refractivity contribution in [2.75, 3.05) is 0 Å². The minimum atomic E-state index is 0.522. The topological polar surface area (TPSA) is 26.0 Å². The number of hydrogen-bond acceptors (Lipinski definition) is 1. The van der Waals surface area contributed by atoms with Crippen molar-refractivity contribution >= 4 is 0 Å². The van der Waals surface area contributed by atoms with E-state index in [0.717, 1.165) is 17.8 Å². The fourth-order valence-electron chi connectivity index (χ4n) is 2.12. The third-order valence-corrected chi connectivity index (χ3v) is 3.05. The molecule has 9 heavy (non-hydrogen) atoms. The van der Waals surface area contributed by atoms with E-state index in [1.54, 1.807) is 0 Å². The second kappa shape index (κ2) is 1.72. The highest BCUT2D eigenvalue weighted by Crippen LogP contribution is 2.50. The minimum Gasteiger partial charge on any atom is -0.327 e. The molecule has 2 aliphatic carbocycles. The Morgan fingerprint density at radius 1 is 1.11 bits per heavy atom. The second-order valence-corrected chi connectivity index (χ2v) is 3.87. The molecule has 2 N–H and O–H groups in total. The second-order valence-electron chi connectivity index (χ2n) is 3.87. The van der Waals surface area contributed by atoms with Gasteiger partial charge in [0, 0.05) is 6.04 Å². The molecule has 0 aromatic heterocycles. The molecule has 1 heteroatoms. The first-order chi connectivity index (χ1) is 4.27. The molecule has 0 radical (unpaired) electrons. The summed E-state index contributed by atoms with van der Waals surface area (Å²) in [6, 6.07) is 0.522. The molecule has 2 unspecified atom stereocenters. The summed E-state index contributed by atoms with van der Waals surface area (Å²) in [6.45, 7) is 2.29. The van der Waals surface area contributed by atoms with Gasteiger partial charge in [-0.15, -0.1) is 0 Å². The van der Waals surface area contributed by atoms with Crippen LogP contribution in [0.3, 0.4) is 0 Å². The van der Waals surface area contributed by atoms with Gasteiger partial charge in [-0.3, -0.25) is 0 Å². The number of fused-ring (bicyclic) bond motifs is 1. The first-order valence-corrected chi connectivity index (χ1v) is 4.03. The van der Waals surface area contributed by atoms with E-state index in [1.807, 2.05) is 0 Å². The third-order valence-electron chi connectivity index (χ3n) is 3.05. The standard InChI is InChI=1S/C8H15N/c1-5-2-6-3-7(6)4-8(5)9/h5-8H,2-4,9H2,1H3/t5-,6?,7?,8-/m1/s1. The average molecular weight is 125 g/mol. The summed E-state index contributed by atoms with van der Waals surface area (Å²) >= 11 is 0. The van der Waals surface area contributed by atoms with Crippen LogP contribution in [-0.2, 0) is 0 Å². The summed E-state index contributed by atoms with van der Waals surface area (Å²) in [5.41, 5.74) is 5.90. The molecule has 2 rings (SSSR count). The normalized spacial score (nSPS) is 56.7. The van der Waals surface area contributed by atoms with Gasteiger partial charge in [0.1, 0.15) is 0 Å². The van der Waals surface area contributed by atoms with Gasteiger partial charge in [0.15, 0.2) is 0 Å². The Morgan fingerprint density at radius 2 is 1.78 bits per heavy atom. The van der Waals surface area contributed by atoms with E-state index in [2.05, 4.69) is 6.92 Å². The van der Waals surface area contributed by atoms with Crippen LogP contribution in [0, 0.1) is 17.8 Å². The Labute approximate surface area is 56.6 Å². The highest BCUT2D eigenvalue weighted by atomic mass is 14.7. The third kappa shape index (κ3) is 0.877. The maximum Gasteiger partial charge on any atom is 0.00673 e. The van der Waals surface area contributed by atoms with Crippen LogP contribution in [0.2, 0.25) is 0 Å². The van der Waals surface area contributed by atoms with Gasteiger partial charge in [-0.05, 0) is 37.0 Å². The van der Waals surface area contributed by atoms with Crippen LogP contribution in [-0.4, -0.2) is 6.04 Å². The number of nitrogens with two attached hydrogens (primary N) is 1. The van der Waals surface area contributed by atoms with Crippen molar-refractivity contribution in [1.82, 2.24) is 0 Å². The maximum atomic E-state index is 5.90. The van der Waals surface area contributed by atoms with E-state index in [-0.39, 0.29) is 0 Å². The van der Waals surface area contributed by atoms with Gasteiger partial charge in [0.2, 0.25) is 0 Å². The predicted molar refractivity (Wildman–Crippen MR) is 38.0 cm³/mol. The number of hydrogen-bond donors (Lipinski definition) is 1. The molecule has 0 amide bonds. The minimum absolute atomic E-state index is 0.522. The molecule has 2 aliphatic rings. The highest BCUT2D eigenvalue weighted by molar-refractivity contribution is 4.96. The van der Waals surface area contributed by atoms with Crippen molar-refractivity contribution in [3.05, 3.63) is 0 Å². The van der Waals surface area contributed by atoms with Gasteiger partial charge in [-0.1, -0.05) is 6.92 Å². The smallest absolute Gasteiger partial charge is 0.00673 e. The van der Waals surface area contributed by atoms with Gasteiger partial charge in [-0.25, -0.2) is 0 Å². The Kier molecular flexibility index (Phi) is 1.10. The van der Waals surface area contributed by atoms with Crippen LogP contribution < -0.4 is 5.73 Å². The molecule has 0 aromatic rings. The largest absolute Gasteiger partial charge is 0.327 e. The average Bonchev–Trinajstić information content (AvgIpc) is 2.46. The zero-order chi connectivity index (χ0) is 6.43. The van der Waals surface area contributed by atoms with Gasteiger partial charge in [0.25, 0.3) is 0 Å². The van der Waals surface area contributed by atoms with E-state index in [0.29, 0.717) is 6.04 Å². The maximum absolute atomic E-state index is 5.90. The summed E-state index contributed by atoms with van der Waals surface area (Å²) < 4.78 is 0. The molecule has 0 saturated heterocycles. The molecule has 52 valence electrons. The lowest BCUT2D eigenvalue weighted by Gasteiger charge is -2.24. The zero-order valence-corrected chi connectivity index (χ0v) is 6.01. The van der Waals surface area contributed by atoms with Crippen molar-refractivity contribution in [3.8, 4) is 0 Å². The number of rotatable bonds is 0. The van der Waals surface area contributed by atoms with E-state index in [9.17, 15) is 0 Å². The molecule has 4 atom stereocenters. The Morgan fingerprint density at radius 3 is 2.44 bits per heavy atom. The van der Waals surface area contributed by atoms with Crippen molar-refractivity contribution < 1.29 is 0 Å². The van der Waals surface area contributed by atoms with Crippen molar-refractivity contribution in [3.63, 3.8) is 0 Å². The van der Waals surface area contributed by atoms with Gasteiger partial charge >= 0.3 is 0 Å². The Balaban J connectivity index is 1.98. The van der Waals surface area contributed by atoms with Gasteiger partial charge in [0.05, 0.1) is 0 Å². The summed E-state index contributed by atoms with van der Waals surface area (Å²) in [7, 11) is 0. The van der Waals surface area contributed by atoms with Crippen molar-refractivity contribution in [2.45, 2.75) is 32.2 Å². The first-order valence-electron chi connectivity index (χ1n) is 4.03. The molecule has 0 bridgehead atoms. The first kappa shape index (κ1) is 5.72. The van der Waals surface area contributed by atoms with Crippen LogP contribution in [0.4, 0.5) is 0 Å². The van der Waals surface area contributed by atoms with Crippen molar-refractivity contribution in [2.24, 2.45) is 23.5 Å². The molecule has 2 fully saturated rings. The van der Waals surface area contributed by atoms with E-state index in [1.165, 1.54) is 19.3 Å². The Hall–Kier alpha value is -0.0400. The summed E-state index contributed by atoms with van der Waals surface area (Å²) in [6.07, 6.45) is 4.20. The lowest BCUT2D eigenvalue weighted by atomic mass is 9.87. The fourth-order valence-corrected chi connectivity index (χ4v) is 2.12. The predicted octanol–water partition coefficient (Wildman–Crippen LogP) is 1.38. The fraction of sp³-hybridized carbons (Fsp3) is 1.00. The lowest BCUT2D eigenvalue weighted by molar-refractivity contribution is 0.317. The van der Waals surface area contributed by atoms with E-state index >= 15 is 0 Å². The molecule has 1 nitrogen and oxygen atoms in total. The van der Waals surface area contributed by atoms with Crippen molar-refractivity contribution in [1.29, 1.82) is 0 Å². The quantitative estimate of drug-likeness (QED) is 0.520. The SMILES string of the molecule is C[C@@H]1CC2CC2C[C@H]1N. The van der Waals surface area contributed by atoms with E-state index < -0.39 is 0 Å². The molecule has 2 saturated carbocycles. The highest BCUT2D eigenvalue weighted by Gasteiger charge is 2.43. The van der Waals surface area contributed by atoms with Crippen LogP contribution >= 0.6 is 0 Å². The van der Waals surface area contributed by atoms with Crippen LogP contribution in [0.1, 0.15) is 26.2 Å². The van der Waals surface area contributed by atoms with Crippen LogP contribution in [0.5, 0.6) is 0 Å². The monoisotopic (exact) mass is 125 g/mol. The van der Waals surface area contributed by atoms with Crippen LogP contribution in [0.15, 0.2) is 0 Å². The summed E-state index contributed by atoms with van der Waals surface area (Å²) in [5.74, 6) is 2.92. The molecule has 0 aromatic carbocycles. The lowest BCUT2D eigenvalue weighted by Crippen LogP contribution is -2.32. The molecule has 0 spiro atoms. The van der Waals surface area contributed by atoms with E-state index in [4.69, 9.17) is 5.73 Å². The molecule has 0 heterocycles. The summed E-state index contributed by atoms with van der Waals surface area (Å²) in [5, 5.41) is 0. The molecular formula is C8H15N. The summed E-state index contributed by atoms with van der Waals surface area (Å²) in [4.78, 5) is 0. The Bertz CT molecular complexity index is 108. The zero-order valence-electron chi connectivity index (χ0n) is 6.01. The molecule has 0 aliphatic heterocycles. The van der Waals surface area contributed by atoms with Gasteiger partial charge in [-0.2, -0.15) is 0 Å². The van der Waals surface area contributed by atoms with Crippen LogP contribution in [0.25, 0.3) is 0 Å². The van der Waals surface area contributed by atoms with Gasteiger partial charge < -0.3 is 5.73 Å². The molecular weight excluding hydrogens is 110 g/mol.